The Kier molecular flexibility index (Phi) is 6.17. The van der Waals surface area contributed by atoms with Crippen LogP contribution in [0.15, 0.2) is 34.9 Å². The van der Waals surface area contributed by atoms with Crippen LogP contribution in [0.2, 0.25) is 5.02 Å². The Bertz CT molecular complexity index is 745. The highest BCUT2D eigenvalue weighted by atomic mass is 35.5. The predicted molar refractivity (Wildman–Crippen MR) is 94.6 cm³/mol. The van der Waals surface area contributed by atoms with Crippen molar-refractivity contribution in [1.29, 1.82) is 0 Å². The molecule has 2 rings (SSSR count). The van der Waals surface area contributed by atoms with E-state index in [2.05, 4.69) is 10.3 Å². The number of nitrogens with two attached hydrogens (primary N) is 1. The van der Waals surface area contributed by atoms with Gasteiger partial charge < -0.3 is 9.73 Å². The van der Waals surface area contributed by atoms with E-state index in [4.69, 9.17) is 21.9 Å². The minimum absolute atomic E-state index is 0.0338. The molecule has 0 aliphatic rings. The lowest BCUT2D eigenvalue weighted by Gasteiger charge is -2.29. The second-order valence-electron chi connectivity index (χ2n) is 5.68. The average Bonchev–Trinajstić information content (AvgIpc) is 3.11. The highest BCUT2D eigenvalue weighted by Gasteiger charge is 2.33. The van der Waals surface area contributed by atoms with Gasteiger partial charge in [0.1, 0.15) is 11.7 Å². The lowest BCUT2D eigenvalue weighted by Crippen LogP contribution is -2.55. The first-order chi connectivity index (χ1) is 11.9. The van der Waals surface area contributed by atoms with Gasteiger partial charge in [0, 0.05) is 13.2 Å². The van der Waals surface area contributed by atoms with Gasteiger partial charge in [0.15, 0.2) is 11.5 Å². The lowest BCUT2D eigenvalue weighted by molar-refractivity contribution is -0.127. The number of furan rings is 1. The van der Waals surface area contributed by atoms with Gasteiger partial charge in [-0.2, -0.15) is 0 Å². The van der Waals surface area contributed by atoms with Crippen LogP contribution in [0.4, 0.5) is 0 Å². The fourth-order valence-corrected chi connectivity index (χ4v) is 2.51. The summed E-state index contributed by atoms with van der Waals surface area (Å²) in [7, 11) is 1.51. The van der Waals surface area contributed by atoms with Crippen LogP contribution in [0.25, 0.3) is 11.5 Å². The molecule has 0 spiro atoms. The molecule has 0 saturated carbocycles. The Morgan fingerprint density at radius 1 is 1.36 bits per heavy atom. The molecule has 3 N–H and O–H groups in total. The third kappa shape index (κ3) is 4.18. The maximum atomic E-state index is 12.6. The Morgan fingerprint density at radius 2 is 2.08 bits per heavy atom. The highest BCUT2D eigenvalue weighted by molar-refractivity contribution is 6.30. The number of amides is 2. The van der Waals surface area contributed by atoms with Crippen molar-refractivity contribution < 1.29 is 14.0 Å². The first-order valence-corrected chi connectivity index (χ1v) is 8.28. The number of halogens is 1. The van der Waals surface area contributed by atoms with Gasteiger partial charge in [-0.15, -0.1) is 0 Å². The molecule has 0 saturated heterocycles. The summed E-state index contributed by atoms with van der Waals surface area (Å²) < 4.78 is 5.56. The largest absolute Gasteiger partial charge is 0.449 e. The fourth-order valence-electron chi connectivity index (χ4n) is 2.40. The molecule has 0 bridgehead atoms. The fraction of sp³-hybridized carbons (Fsp3) is 0.353. The Hall–Kier alpha value is -2.38. The van der Waals surface area contributed by atoms with E-state index < -0.39 is 11.9 Å². The molecule has 8 heteroatoms. The van der Waals surface area contributed by atoms with Crippen molar-refractivity contribution in [3.8, 4) is 11.5 Å². The van der Waals surface area contributed by atoms with Gasteiger partial charge in [-0.25, -0.2) is 5.84 Å². The van der Waals surface area contributed by atoms with Gasteiger partial charge in [0.2, 0.25) is 5.91 Å². The molecular weight excluding hydrogens is 344 g/mol. The minimum atomic E-state index is -0.787. The Morgan fingerprint density at radius 3 is 2.64 bits per heavy atom. The third-order valence-corrected chi connectivity index (χ3v) is 4.25. The molecule has 0 unspecified atom stereocenters. The van der Waals surface area contributed by atoms with E-state index >= 15 is 0 Å². The number of pyridine rings is 1. The molecule has 7 nitrogen and oxygen atoms in total. The maximum absolute atomic E-state index is 12.6. The zero-order valence-corrected chi connectivity index (χ0v) is 15.1. The van der Waals surface area contributed by atoms with Crippen LogP contribution in [0, 0.1) is 5.92 Å². The summed E-state index contributed by atoms with van der Waals surface area (Å²) in [6.07, 6.45) is 2.18. The molecule has 2 amide bonds. The summed E-state index contributed by atoms with van der Waals surface area (Å²) >= 11 is 5.81. The van der Waals surface area contributed by atoms with Crippen LogP contribution in [0.3, 0.4) is 0 Å². The molecule has 134 valence electrons. The second-order valence-corrected chi connectivity index (χ2v) is 6.12. The zero-order valence-electron chi connectivity index (χ0n) is 14.3. The predicted octanol–water partition coefficient (Wildman–Crippen LogP) is 2.47. The van der Waals surface area contributed by atoms with Crippen LogP contribution < -0.4 is 11.2 Å². The monoisotopic (exact) mass is 364 g/mol. The molecule has 2 atom stereocenters. The molecule has 0 aliphatic carbocycles. The number of carbonyl (C=O) groups excluding carboxylic acids is 2. The quantitative estimate of drug-likeness (QED) is 0.465. The molecule has 2 aromatic heterocycles. The van der Waals surface area contributed by atoms with Crippen LogP contribution >= 0.6 is 11.6 Å². The van der Waals surface area contributed by atoms with E-state index in [-0.39, 0.29) is 17.6 Å². The van der Waals surface area contributed by atoms with E-state index in [9.17, 15) is 9.59 Å². The van der Waals surface area contributed by atoms with E-state index in [1.807, 2.05) is 13.8 Å². The Balaban J connectivity index is 2.24. The number of likely N-dealkylation sites (N-methyl/N-ethyl adjacent to an activating group) is 1. The maximum Gasteiger partial charge on any atom is 0.304 e. The van der Waals surface area contributed by atoms with Crippen molar-refractivity contribution in [1.82, 2.24) is 15.3 Å². The first kappa shape index (κ1) is 19.0. The number of rotatable bonds is 6. The summed E-state index contributed by atoms with van der Waals surface area (Å²) in [6.45, 7) is 3.79. The Labute approximate surface area is 151 Å². The number of nitrogens with one attached hydrogen (secondary N) is 1. The number of hydrazine groups is 1. The average molecular weight is 365 g/mol. The summed E-state index contributed by atoms with van der Waals surface area (Å²) in [5, 5.41) is 3.96. The number of aromatic nitrogens is 1. The topological polar surface area (TPSA) is 101 Å². The third-order valence-electron chi connectivity index (χ3n) is 4.03. The molecule has 2 heterocycles. The van der Waals surface area contributed by atoms with E-state index in [1.54, 1.807) is 18.2 Å². The van der Waals surface area contributed by atoms with Gasteiger partial charge in [-0.05, 0) is 30.2 Å². The van der Waals surface area contributed by atoms with Crippen molar-refractivity contribution in [2.24, 2.45) is 11.8 Å². The second kappa shape index (κ2) is 8.13. The molecule has 25 heavy (non-hydrogen) atoms. The van der Waals surface area contributed by atoms with Gasteiger partial charge in [0.05, 0.1) is 5.02 Å². The van der Waals surface area contributed by atoms with Gasteiger partial charge in [0.25, 0.3) is 0 Å². The van der Waals surface area contributed by atoms with Crippen LogP contribution in [-0.2, 0) is 4.79 Å². The van der Waals surface area contributed by atoms with Gasteiger partial charge in [-0.3, -0.25) is 19.6 Å². The minimum Gasteiger partial charge on any atom is -0.449 e. The molecule has 0 aromatic carbocycles. The summed E-state index contributed by atoms with van der Waals surface area (Å²) in [5.74, 6) is 5.38. The normalized spacial score (nSPS) is 13.2. The van der Waals surface area contributed by atoms with Gasteiger partial charge in [-0.1, -0.05) is 31.9 Å². The van der Waals surface area contributed by atoms with Crippen molar-refractivity contribution in [3.63, 3.8) is 0 Å². The van der Waals surface area contributed by atoms with E-state index in [0.29, 0.717) is 22.9 Å². The van der Waals surface area contributed by atoms with E-state index in [1.165, 1.54) is 19.3 Å². The summed E-state index contributed by atoms with van der Waals surface area (Å²) in [6, 6.07) is 5.70. The zero-order chi connectivity index (χ0) is 18.6. The summed E-state index contributed by atoms with van der Waals surface area (Å²) in [4.78, 5) is 28.9. The lowest BCUT2D eigenvalue weighted by atomic mass is 9.97. The molecular formula is C17H21ClN4O3. The number of carbonyl (C=O) groups is 2. The number of hydrogen-bond acceptors (Lipinski definition) is 5. The molecule has 2 aromatic rings. The van der Waals surface area contributed by atoms with Crippen LogP contribution in [0.1, 0.15) is 30.8 Å². The molecule has 0 fully saturated rings. The van der Waals surface area contributed by atoms with Crippen molar-refractivity contribution in [2.45, 2.75) is 26.3 Å². The number of hydrogen-bond donors (Lipinski definition) is 2. The highest BCUT2D eigenvalue weighted by Crippen LogP contribution is 2.23. The SMILES string of the molecule is CC[C@@H](C)[C@@H](C(=O)NC)N(N)C(=O)c1ccc(-c2ccc(Cl)cn2)o1. The van der Waals surface area contributed by atoms with E-state index in [0.717, 1.165) is 5.01 Å². The number of nitrogens with zero attached hydrogens (tertiary/aromatic N) is 2. The first-order valence-electron chi connectivity index (χ1n) is 7.90. The standard InChI is InChI=1S/C17H21ClN4O3/c1-4-10(2)15(16(23)20-3)22(19)17(24)14-8-7-13(25-14)12-6-5-11(18)9-21-12/h5-10,15H,4,19H2,1-3H3,(H,20,23)/t10-,15+/m1/s1. The van der Waals surface area contributed by atoms with Crippen molar-refractivity contribution >= 4 is 23.4 Å². The van der Waals surface area contributed by atoms with Crippen LogP contribution in [-0.4, -0.2) is 34.9 Å². The summed E-state index contributed by atoms with van der Waals surface area (Å²) in [5.41, 5.74) is 0.539. The van der Waals surface area contributed by atoms with Crippen molar-refractivity contribution in [2.75, 3.05) is 7.05 Å². The smallest absolute Gasteiger partial charge is 0.304 e. The molecule has 0 radical (unpaired) electrons. The van der Waals surface area contributed by atoms with Crippen molar-refractivity contribution in [3.05, 3.63) is 41.2 Å². The van der Waals surface area contributed by atoms with Crippen LogP contribution in [0.5, 0.6) is 0 Å². The van der Waals surface area contributed by atoms with Gasteiger partial charge >= 0.3 is 5.91 Å². The molecule has 0 aliphatic heterocycles.